The highest BCUT2D eigenvalue weighted by Gasteiger charge is 2.15. The maximum Gasteiger partial charge on any atom is 0.0683 e. The number of pyridine rings is 1. The second kappa shape index (κ2) is 4.98. The van der Waals surface area contributed by atoms with Crippen LogP contribution in [0.15, 0.2) is 24.4 Å². The molecular weight excluding hydrogens is 228 g/mol. The zero-order chi connectivity index (χ0) is 12.4. The van der Waals surface area contributed by atoms with Crippen LogP contribution in [0.5, 0.6) is 0 Å². The molecular formula is C14H18N2S. The second-order valence-corrected chi connectivity index (χ2v) is 5.63. The highest BCUT2D eigenvalue weighted by molar-refractivity contribution is 7.12. The van der Waals surface area contributed by atoms with Crippen LogP contribution in [0.3, 0.4) is 0 Å². The normalized spacial score (nSPS) is 12.7. The smallest absolute Gasteiger partial charge is 0.0683 e. The van der Waals surface area contributed by atoms with Gasteiger partial charge in [0.15, 0.2) is 0 Å². The van der Waals surface area contributed by atoms with E-state index < -0.39 is 0 Å². The zero-order valence-electron chi connectivity index (χ0n) is 10.7. The van der Waals surface area contributed by atoms with Gasteiger partial charge < -0.3 is 5.32 Å². The van der Waals surface area contributed by atoms with Gasteiger partial charge in [-0.3, -0.25) is 4.98 Å². The quantitative estimate of drug-likeness (QED) is 0.898. The van der Waals surface area contributed by atoms with Crippen molar-refractivity contribution in [2.45, 2.75) is 26.8 Å². The Balaban J connectivity index is 2.36. The molecule has 2 nitrogen and oxygen atoms in total. The fourth-order valence-corrected chi connectivity index (χ4v) is 3.05. The maximum atomic E-state index is 4.37. The van der Waals surface area contributed by atoms with Crippen LogP contribution < -0.4 is 5.32 Å². The largest absolute Gasteiger partial charge is 0.309 e. The minimum absolute atomic E-state index is 0.250. The summed E-state index contributed by atoms with van der Waals surface area (Å²) >= 11 is 1.86. The summed E-state index contributed by atoms with van der Waals surface area (Å²) in [4.78, 5) is 7.11. The van der Waals surface area contributed by atoms with E-state index >= 15 is 0 Å². The van der Waals surface area contributed by atoms with Crippen molar-refractivity contribution in [1.82, 2.24) is 10.3 Å². The number of thiophene rings is 1. The third kappa shape index (κ3) is 2.56. The zero-order valence-corrected chi connectivity index (χ0v) is 11.6. The molecule has 1 atom stereocenters. The molecule has 90 valence electrons. The van der Waals surface area contributed by atoms with E-state index in [1.54, 1.807) is 0 Å². The summed E-state index contributed by atoms with van der Waals surface area (Å²) < 4.78 is 0. The van der Waals surface area contributed by atoms with Gasteiger partial charge in [-0.05, 0) is 51.1 Å². The van der Waals surface area contributed by atoms with Gasteiger partial charge in [0, 0.05) is 21.6 Å². The van der Waals surface area contributed by atoms with Crippen molar-refractivity contribution in [3.05, 3.63) is 51.0 Å². The SMILES string of the molecule is CNC(c1ccc(C)nc1)c1cc(C)c(C)s1. The first-order valence-electron chi connectivity index (χ1n) is 5.78. The molecule has 0 fully saturated rings. The fraction of sp³-hybridized carbons (Fsp3) is 0.357. The Labute approximate surface area is 107 Å². The van der Waals surface area contributed by atoms with Crippen LogP contribution in [-0.2, 0) is 0 Å². The number of aryl methyl sites for hydroxylation is 3. The second-order valence-electron chi connectivity index (χ2n) is 4.34. The summed E-state index contributed by atoms with van der Waals surface area (Å²) in [6.45, 7) is 6.34. The highest BCUT2D eigenvalue weighted by atomic mass is 32.1. The number of rotatable bonds is 3. The molecule has 1 N–H and O–H groups in total. The first-order chi connectivity index (χ1) is 8.11. The number of nitrogens with one attached hydrogen (secondary N) is 1. The van der Waals surface area contributed by atoms with Crippen molar-refractivity contribution in [3.8, 4) is 0 Å². The van der Waals surface area contributed by atoms with Crippen LogP contribution >= 0.6 is 11.3 Å². The number of hydrogen-bond donors (Lipinski definition) is 1. The summed E-state index contributed by atoms with van der Waals surface area (Å²) in [5, 5.41) is 3.37. The standard InChI is InChI=1S/C14H18N2S/c1-9-7-13(17-11(9)3)14(15-4)12-6-5-10(2)16-8-12/h5-8,14-15H,1-4H3. The van der Waals surface area contributed by atoms with Crippen LogP contribution in [0.25, 0.3) is 0 Å². The first kappa shape index (κ1) is 12.3. The van der Waals surface area contributed by atoms with E-state index in [0.717, 1.165) is 5.69 Å². The van der Waals surface area contributed by atoms with E-state index in [1.807, 2.05) is 31.5 Å². The Bertz CT molecular complexity index is 480. The summed E-state index contributed by atoms with van der Waals surface area (Å²) in [5.74, 6) is 0. The lowest BCUT2D eigenvalue weighted by atomic mass is 10.1. The summed E-state index contributed by atoms with van der Waals surface area (Å²) in [6, 6.07) is 6.72. The van der Waals surface area contributed by atoms with Crippen molar-refractivity contribution in [2.75, 3.05) is 7.05 Å². The van der Waals surface area contributed by atoms with Gasteiger partial charge >= 0.3 is 0 Å². The Hall–Kier alpha value is -1.19. The minimum atomic E-state index is 0.250. The summed E-state index contributed by atoms with van der Waals surface area (Å²) in [7, 11) is 1.99. The van der Waals surface area contributed by atoms with Crippen LogP contribution in [-0.4, -0.2) is 12.0 Å². The molecule has 0 aliphatic rings. The van der Waals surface area contributed by atoms with Crippen molar-refractivity contribution in [1.29, 1.82) is 0 Å². The van der Waals surface area contributed by atoms with Gasteiger partial charge in [0.25, 0.3) is 0 Å². The van der Waals surface area contributed by atoms with Gasteiger partial charge in [-0.25, -0.2) is 0 Å². The van der Waals surface area contributed by atoms with Crippen molar-refractivity contribution in [2.24, 2.45) is 0 Å². The van der Waals surface area contributed by atoms with Crippen molar-refractivity contribution in [3.63, 3.8) is 0 Å². The Morgan fingerprint density at radius 2 is 2.00 bits per heavy atom. The predicted octanol–water partition coefficient (Wildman–Crippen LogP) is 3.38. The van der Waals surface area contributed by atoms with Crippen LogP contribution in [0, 0.1) is 20.8 Å². The van der Waals surface area contributed by atoms with E-state index in [2.05, 4.69) is 42.3 Å². The van der Waals surface area contributed by atoms with Gasteiger partial charge in [-0.2, -0.15) is 0 Å². The van der Waals surface area contributed by atoms with Crippen molar-refractivity contribution >= 4 is 11.3 Å². The topological polar surface area (TPSA) is 24.9 Å². The molecule has 2 aromatic rings. The third-order valence-electron chi connectivity index (χ3n) is 3.03. The summed E-state index contributed by atoms with van der Waals surface area (Å²) in [5.41, 5.74) is 3.65. The molecule has 0 saturated heterocycles. The maximum absolute atomic E-state index is 4.37. The molecule has 2 aromatic heterocycles. The number of nitrogens with zero attached hydrogens (tertiary/aromatic N) is 1. The van der Waals surface area contributed by atoms with Crippen LogP contribution in [0.2, 0.25) is 0 Å². The van der Waals surface area contributed by atoms with Gasteiger partial charge in [-0.15, -0.1) is 11.3 Å². The average Bonchev–Trinajstić information content (AvgIpc) is 2.63. The van der Waals surface area contributed by atoms with E-state index in [1.165, 1.54) is 20.9 Å². The van der Waals surface area contributed by atoms with E-state index in [9.17, 15) is 0 Å². The molecule has 0 saturated carbocycles. The molecule has 2 rings (SSSR count). The lowest BCUT2D eigenvalue weighted by Crippen LogP contribution is -2.16. The van der Waals surface area contributed by atoms with Gasteiger partial charge in [0.05, 0.1) is 6.04 Å². The molecule has 0 aliphatic heterocycles. The van der Waals surface area contributed by atoms with E-state index in [0.29, 0.717) is 0 Å². The Morgan fingerprint density at radius 1 is 1.24 bits per heavy atom. The number of hydrogen-bond acceptors (Lipinski definition) is 3. The molecule has 0 aliphatic carbocycles. The summed E-state index contributed by atoms with van der Waals surface area (Å²) in [6.07, 6.45) is 1.96. The monoisotopic (exact) mass is 246 g/mol. The Morgan fingerprint density at radius 3 is 2.47 bits per heavy atom. The first-order valence-corrected chi connectivity index (χ1v) is 6.60. The van der Waals surface area contributed by atoms with Crippen LogP contribution in [0.4, 0.5) is 0 Å². The molecule has 0 radical (unpaired) electrons. The van der Waals surface area contributed by atoms with Gasteiger partial charge in [0.2, 0.25) is 0 Å². The van der Waals surface area contributed by atoms with E-state index in [-0.39, 0.29) is 6.04 Å². The minimum Gasteiger partial charge on any atom is -0.309 e. The lowest BCUT2D eigenvalue weighted by molar-refractivity contribution is 0.699. The van der Waals surface area contributed by atoms with Crippen LogP contribution in [0.1, 0.15) is 32.6 Å². The van der Waals surface area contributed by atoms with Crippen molar-refractivity contribution < 1.29 is 0 Å². The molecule has 17 heavy (non-hydrogen) atoms. The number of aromatic nitrogens is 1. The predicted molar refractivity (Wildman–Crippen MR) is 73.7 cm³/mol. The molecule has 0 bridgehead atoms. The highest BCUT2D eigenvalue weighted by Crippen LogP contribution is 2.30. The molecule has 0 aromatic carbocycles. The lowest BCUT2D eigenvalue weighted by Gasteiger charge is -2.14. The molecule has 0 spiro atoms. The molecule has 2 heterocycles. The van der Waals surface area contributed by atoms with Gasteiger partial charge in [0.1, 0.15) is 0 Å². The average molecular weight is 246 g/mol. The Kier molecular flexibility index (Phi) is 3.60. The molecule has 0 amide bonds. The molecule has 1 unspecified atom stereocenters. The molecule has 3 heteroatoms. The fourth-order valence-electron chi connectivity index (χ4n) is 1.87. The third-order valence-corrected chi connectivity index (χ3v) is 4.24. The van der Waals surface area contributed by atoms with Gasteiger partial charge in [-0.1, -0.05) is 6.07 Å². The van der Waals surface area contributed by atoms with E-state index in [4.69, 9.17) is 0 Å².